The summed E-state index contributed by atoms with van der Waals surface area (Å²) >= 11 is 1.68. The van der Waals surface area contributed by atoms with Gasteiger partial charge in [-0.25, -0.2) is 13.1 Å². The van der Waals surface area contributed by atoms with Crippen LogP contribution in [0.5, 0.6) is 0 Å². The van der Waals surface area contributed by atoms with Crippen molar-refractivity contribution in [1.29, 1.82) is 0 Å². The van der Waals surface area contributed by atoms with Crippen LogP contribution in [0.2, 0.25) is 0 Å². The Balaban J connectivity index is 1.61. The van der Waals surface area contributed by atoms with E-state index in [1.807, 2.05) is 28.4 Å². The molecule has 1 saturated heterocycles. The van der Waals surface area contributed by atoms with Crippen LogP contribution in [0.1, 0.15) is 12.8 Å². The summed E-state index contributed by atoms with van der Waals surface area (Å²) in [5, 5.41) is 6.64. The van der Waals surface area contributed by atoms with Crippen LogP contribution in [0.3, 0.4) is 0 Å². The minimum Gasteiger partial charge on any atom is -0.283 e. The monoisotopic (exact) mass is 340 g/mol. The highest BCUT2D eigenvalue weighted by Crippen LogP contribution is 2.22. The van der Waals surface area contributed by atoms with Gasteiger partial charge in [-0.2, -0.15) is 5.10 Å². The van der Waals surface area contributed by atoms with Crippen LogP contribution >= 0.6 is 11.3 Å². The van der Waals surface area contributed by atoms with Gasteiger partial charge in [0.05, 0.1) is 17.8 Å². The van der Waals surface area contributed by atoms with Crippen molar-refractivity contribution in [2.45, 2.75) is 25.6 Å². The van der Waals surface area contributed by atoms with E-state index < -0.39 is 10.0 Å². The normalized spacial score (nSPS) is 20.3. The average Bonchev–Trinajstić information content (AvgIpc) is 3.07. The summed E-state index contributed by atoms with van der Waals surface area (Å²) < 4.78 is 27.3. The van der Waals surface area contributed by atoms with Gasteiger partial charge in [0.25, 0.3) is 0 Å². The van der Waals surface area contributed by atoms with Gasteiger partial charge in [0.15, 0.2) is 0 Å². The highest BCUT2D eigenvalue weighted by atomic mass is 32.2. The standard InChI is InChI=1S/C14H20N4O2S2/c1-22(19,20)16-12-4-2-7-17(10-12)11-18-8-6-13(15-18)14-5-3-9-21-14/h3,5-6,8-9,12,16H,2,4,7,10-11H2,1H3/t12-/m1/s1. The second-order valence-electron chi connectivity index (χ2n) is 5.67. The second-order valence-corrected chi connectivity index (χ2v) is 8.39. The van der Waals surface area contributed by atoms with E-state index in [0.717, 1.165) is 36.5 Å². The Kier molecular flexibility index (Phi) is 4.62. The summed E-state index contributed by atoms with van der Waals surface area (Å²) in [4.78, 5) is 3.39. The summed E-state index contributed by atoms with van der Waals surface area (Å²) in [7, 11) is -3.14. The Bertz CT molecular complexity index is 709. The molecule has 1 aliphatic rings. The number of sulfonamides is 1. The zero-order valence-corrected chi connectivity index (χ0v) is 14.1. The Hall–Kier alpha value is -1.22. The molecule has 120 valence electrons. The fourth-order valence-electron chi connectivity index (χ4n) is 2.78. The molecule has 3 rings (SSSR count). The molecule has 0 radical (unpaired) electrons. The maximum Gasteiger partial charge on any atom is 0.208 e. The number of hydrogen-bond acceptors (Lipinski definition) is 5. The number of nitrogens with one attached hydrogen (secondary N) is 1. The smallest absolute Gasteiger partial charge is 0.208 e. The number of likely N-dealkylation sites (tertiary alicyclic amines) is 1. The highest BCUT2D eigenvalue weighted by molar-refractivity contribution is 7.88. The van der Waals surface area contributed by atoms with Gasteiger partial charge in [-0.15, -0.1) is 11.3 Å². The molecule has 0 spiro atoms. The van der Waals surface area contributed by atoms with Crippen molar-refractivity contribution in [3.8, 4) is 10.6 Å². The van der Waals surface area contributed by atoms with Gasteiger partial charge in [-0.05, 0) is 30.4 Å². The number of thiophene rings is 1. The van der Waals surface area contributed by atoms with Gasteiger partial charge < -0.3 is 0 Å². The van der Waals surface area contributed by atoms with Crippen molar-refractivity contribution in [2.75, 3.05) is 19.3 Å². The first-order valence-corrected chi connectivity index (χ1v) is 10.0. The second kappa shape index (κ2) is 6.49. The third-order valence-corrected chi connectivity index (χ3v) is 5.30. The van der Waals surface area contributed by atoms with Gasteiger partial charge >= 0.3 is 0 Å². The van der Waals surface area contributed by atoms with Crippen molar-refractivity contribution in [2.24, 2.45) is 0 Å². The minimum absolute atomic E-state index is 0.00363. The molecular formula is C14H20N4O2S2. The maximum atomic E-state index is 11.4. The van der Waals surface area contributed by atoms with Gasteiger partial charge in [0.1, 0.15) is 5.69 Å². The molecule has 0 bridgehead atoms. The van der Waals surface area contributed by atoms with Crippen LogP contribution in [0.15, 0.2) is 29.8 Å². The van der Waals surface area contributed by atoms with Crippen LogP contribution in [0.4, 0.5) is 0 Å². The molecule has 2 aromatic heterocycles. The number of aromatic nitrogens is 2. The first-order valence-electron chi connectivity index (χ1n) is 7.26. The summed E-state index contributed by atoms with van der Waals surface area (Å²) in [5.74, 6) is 0. The predicted molar refractivity (Wildman–Crippen MR) is 88.1 cm³/mol. The molecular weight excluding hydrogens is 320 g/mol. The van der Waals surface area contributed by atoms with Gasteiger partial charge in [-0.3, -0.25) is 9.58 Å². The zero-order chi connectivity index (χ0) is 15.6. The van der Waals surface area contributed by atoms with E-state index in [1.54, 1.807) is 11.3 Å². The highest BCUT2D eigenvalue weighted by Gasteiger charge is 2.22. The molecule has 3 heterocycles. The Morgan fingerprint density at radius 3 is 3.05 bits per heavy atom. The molecule has 8 heteroatoms. The molecule has 22 heavy (non-hydrogen) atoms. The SMILES string of the molecule is CS(=O)(=O)N[C@@H]1CCCN(Cn2ccc(-c3cccs3)n2)C1. The number of rotatable bonds is 5. The largest absolute Gasteiger partial charge is 0.283 e. The minimum atomic E-state index is -3.14. The molecule has 1 atom stereocenters. The Morgan fingerprint density at radius 2 is 2.32 bits per heavy atom. The van der Waals surface area contributed by atoms with E-state index in [4.69, 9.17) is 0 Å². The lowest BCUT2D eigenvalue weighted by atomic mass is 10.1. The first-order chi connectivity index (χ1) is 10.5. The van der Waals surface area contributed by atoms with E-state index in [0.29, 0.717) is 6.67 Å². The molecule has 0 unspecified atom stereocenters. The summed E-state index contributed by atoms with van der Waals surface area (Å²) in [6.45, 7) is 2.38. The molecule has 0 amide bonds. The van der Waals surface area contributed by atoms with Crippen molar-refractivity contribution in [3.63, 3.8) is 0 Å². The molecule has 1 aliphatic heterocycles. The van der Waals surface area contributed by atoms with E-state index in [9.17, 15) is 8.42 Å². The molecule has 1 fully saturated rings. The van der Waals surface area contributed by atoms with Crippen molar-refractivity contribution >= 4 is 21.4 Å². The van der Waals surface area contributed by atoms with E-state index in [1.165, 1.54) is 6.26 Å². The lowest BCUT2D eigenvalue weighted by Gasteiger charge is -2.32. The lowest BCUT2D eigenvalue weighted by Crippen LogP contribution is -2.47. The fourth-order valence-corrected chi connectivity index (χ4v) is 4.27. The maximum absolute atomic E-state index is 11.4. The van der Waals surface area contributed by atoms with Gasteiger partial charge in [-0.1, -0.05) is 6.07 Å². The van der Waals surface area contributed by atoms with Crippen molar-refractivity contribution < 1.29 is 8.42 Å². The summed E-state index contributed by atoms with van der Waals surface area (Å²) in [6, 6.07) is 6.09. The molecule has 0 aromatic carbocycles. The topological polar surface area (TPSA) is 67.2 Å². The van der Waals surface area contributed by atoms with E-state index in [-0.39, 0.29) is 6.04 Å². The Morgan fingerprint density at radius 1 is 1.45 bits per heavy atom. The Labute approximate surface area is 134 Å². The number of nitrogens with zero attached hydrogens (tertiary/aromatic N) is 3. The van der Waals surface area contributed by atoms with Crippen LogP contribution in [-0.4, -0.2) is 48.5 Å². The molecule has 6 nitrogen and oxygen atoms in total. The number of hydrogen-bond donors (Lipinski definition) is 1. The van der Waals surface area contributed by atoms with Crippen molar-refractivity contribution in [1.82, 2.24) is 19.4 Å². The quantitative estimate of drug-likeness (QED) is 0.897. The molecule has 0 saturated carbocycles. The van der Waals surface area contributed by atoms with Gasteiger partial charge in [0.2, 0.25) is 10.0 Å². The van der Waals surface area contributed by atoms with E-state index >= 15 is 0 Å². The van der Waals surface area contributed by atoms with Gasteiger partial charge in [0, 0.05) is 25.3 Å². The molecule has 2 aromatic rings. The summed E-state index contributed by atoms with van der Waals surface area (Å²) in [6.07, 6.45) is 5.07. The van der Waals surface area contributed by atoms with E-state index in [2.05, 4.69) is 20.8 Å². The molecule has 1 N–H and O–H groups in total. The van der Waals surface area contributed by atoms with Crippen LogP contribution in [0.25, 0.3) is 10.6 Å². The van der Waals surface area contributed by atoms with Crippen LogP contribution in [-0.2, 0) is 16.7 Å². The summed E-state index contributed by atoms with van der Waals surface area (Å²) in [5.41, 5.74) is 0.984. The zero-order valence-electron chi connectivity index (χ0n) is 12.5. The van der Waals surface area contributed by atoms with Crippen molar-refractivity contribution in [3.05, 3.63) is 29.8 Å². The lowest BCUT2D eigenvalue weighted by molar-refractivity contribution is 0.154. The third-order valence-electron chi connectivity index (χ3n) is 3.65. The van der Waals surface area contributed by atoms with Crippen LogP contribution in [0, 0.1) is 0 Å². The fraction of sp³-hybridized carbons (Fsp3) is 0.500. The predicted octanol–water partition coefficient (Wildman–Crippen LogP) is 1.58. The number of piperidine rings is 1. The van der Waals surface area contributed by atoms with Crippen LogP contribution < -0.4 is 4.72 Å². The average molecular weight is 340 g/mol. The first kappa shape index (κ1) is 15.7. The molecule has 0 aliphatic carbocycles. The third kappa shape index (κ3) is 4.16.